The molecule has 11 nitrogen and oxygen atoms in total. The minimum Gasteiger partial charge on any atom is -0.490 e. The van der Waals surface area contributed by atoms with Gasteiger partial charge >= 0.3 is 16.9 Å². The predicted molar refractivity (Wildman–Crippen MR) is 112 cm³/mol. The number of nitrogens with zero attached hydrogens (tertiary/aromatic N) is 2. The van der Waals surface area contributed by atoms with Crippen LogP contribution in [-0.4, -0.2) is 52.0 Å². The molecule has 0 saturated carbocycles. The van der Waals surface area contributed by atoms with Crippen molar-refractivity contribution in [2.24, 2.45) is 0 Å². The minimum atomic E-state index is -1.09. The Labute approximate surface area is 176 Å². The lowest BCUT2D eigenvalue weighted by atomic mass is 10.1. The molecule has 0 radical (unpaired) electrons. The van der Waals surface area contributed by atoms with Crippen LogP contribution in [0, 0.1) is 10.1 Å². The SMILES string of the molecule is CCOc1cc(/C=C/c2[nH]c(=O)[nH]c(=O)c2[N+](=O)[O-])ccc1OCC(=O)N1CCCC1. The third-order valence-corrected chi connectivity index (χ3v) is 4.65. The van der Waals surface area contributed by atoms with E-state index in [0.29, 0.717) is 23.7 Å². The van der Waals surface area contributed by atoms with Gasteiger partial charge < -0.3 is 19.4 Å². The number of hydrogen-bond acceptors (Lipinski definition) is 7. The highest BCUT2D eigenvalue weighted by Crippen LogP contribution is 2.29. The molecule has 1 fully saturated rings. The summed E-state index contributed by atoms with van der Waals surface area (Å²) in [5, 5.41) is 11.1. The highest BCUT2D eigenvalue weighted by molar-refractivity contribution is 5.78. The van der Waals surface area contributed by atoms with Gasteiger partial charge in [-0.15, -0.1) is 0 Å². The van der Waals surface area contributed by atoms with Gasteiger partial charge in [-0.3, -0.25) is 24.7 Å². The van der Waals surface area contributed by atoms with E-state index in [-0.39, 0.29) is 18.2 Å². The van der Waals surface area contributed by atoms with Crippen LogP contribution in [-0.2, 0) is 4.79 Å². The number of aromatic nitrogens is 2. The van der Waals surface area contributed by atoms with Gasteiger partial charge in [-0.25, -0.2) is 4.79 Å². The van der Waals surface area contributed by atoms with Crippen molar-refractivity contribution >= 4 is 23.7 Å². The highest BCUT2D eigenvalue weighted by Gasteiger charge is 2.20. The lowest BCUT2D eigenvalue weighted by molar-refractivity contribution is -0.386. The monoisotopic (exact) mass is 430 g/mol. The van der Waals surface area contributed by atoms with Gasteiger partial charge in [0, 0.05) is 13.1 Å². The van der Waals surface area contributed by atoms with Crippen molar-refractivity contribution in [3.8, 4) is 11.5 Å². The molecule has 164 valence electrons. The fraction of sp³-hybridized carbons (Fsp3) is 0.350. The largest absolute Gasteiger partial charge is 0.490 e. The van der Waals surface area contributed by atoms with Gasteiger partial charge in [-0.2, -0.15) is 0 Å². The smallest absolute Gasteiger partial charge is 0.357 e. The molecule has 1 aliphatic rings. The number of hydrogen-bond donors (Lipinski definition) is 2. The van der Waals surface area contributed by atoms with Gasteiger partial charge in [0.25, 0.3) is 5.91 Å². The number of nitro groups is 1. The van der Waals surface area contributed by atoms with Crippen LogP contribution < -0.4 is 20.7 Å². The van der Waals surface area contributed by atoms with Crippen LogP contribution in [0.4, 0.5) is 5.69 Å². The second kappa shape index (κ2) is 9.74. The molecule has 1 aromatic carbocycles. The van der Waals surface area contributed by atoms with Crippen molar-refractivity contribution in [2.45, 2.75) is 19.8 Å². The topological polar surface area (TPSA) is 148 Å². The molecule has 1 saturated heterocycles. The number of amides is 1. The number of carbonyl (C=O) groups is 1. The van der Waals surface area contributed by atoms with E-state index in [0.717, 1.165) is 25.9 Å². The molecule has 0 unspecified atom stereocenters. The lowest BCUT2D eigenvalue weighted by Crippen LogP contribution is -2.32. The molecule has 0 aliphatic carbocycles. The Morgan fingerprint density at radius 2 is 1.90 bits per heavy atom. The van der Waals surface area contributed by atoms with Crippen LogP contribution in [0.1, 0.15) is 31.0 Å². The Hall–Kier alpha value is -3.89. The quantitative estimate of drug-likeness (QED) is 0.477. The van der Waals surface area contributed by atoms with Gasteiger partial charge in [0.05, 0.1) is 11.5 Å². The fourth-order valence-corrected chi connectivity index (χ4v) is 3.19. The van der Waals surface area contributed by atoms with E-state index in [9.17, 15) is 24.5 Å². The number of aromatic amines is 2. The summed E-state index contributed by atoms with van der Waals surface area (Å²) in [6.07, 6.45) is 4.73. The predicted octanol–water partition coefficient (Wildman–Crippen LogP) is 1.54. The zero-order chi connectivity index (χ0) is 22.4. The molecule has 0 atom stereocenters. The summed E-state index contributed by atoms with van der Waals surface area (Å²) in [6.45, 7) is 3.53. The Morgan fingerprint density at radius 1 is 1.16 bits per heavy atom. The molecule has 1 amide bonds. The second-order valence-corrected chi connectivity index (χ2v) is 6.78. The van der Waals surface area contributed by atoms with Crippen molar-refractivity contribution in [2.75, 3.05) is 26.3 Å². The molecule has 0 spiro atoms. The van der Waals surface area contributed by atoms with Gasteiger partial charge in [0.2, 0.25) is 0 Å². The molecule has 11 heteroatoms. The van der Waals surface area contributed by atoms with Crippen LogP contribution in [0.2, 0.25) is 0 Å². The standard InChI is InChI=1S/C20H22N4O7/c1-2-30-16-11-13(5-7-14-18(24(28)29)19(26)22-20(27)21-14)6-8-15(16)31-12-17(25)23-9-3-4-10-23/h5-8,11H,2-4,9-10,12H2,1H3,(H2,21,22,26,27)/b7-5+. The van der Waals surface area contributed by atoms with E-state index in [1.54, 1.807) is 30.0 Å². The number of nitrogens with one attached hydrogen (secondary N) is 2. The first kappa shape index (κ1) is 21.8. The average molecular weight is 430 g/mol. The number of carbonyl (C=O) groups excluding carboxylic acids is 1. The van der Waals surface area contributed by atoms with Gasteiger partial charge in [0.1, 0.15) is 5.69 Å². The average Bonchev–Trinajstić information content (AvgIpc) is 3.25. The summed E-state index contributed by atoms with van der Waals surface area (Å²) in [5.74, 6) is 0.698. The van der Waals surface area contributed by atoms with Gasteiger partial charge in [0.15, 0.2) is 18.1 Å². The minimum absolute atomic E-state index is 0.0884. The zero-order valence-electron chi connectivity index (χ0n) is 16.9. The first-order valence-electron chi connectivity index (χ1n) is 9.75. The van der Waals surface area contributed by atoms with E-state index in [1.165, 1.54) is 12.2 Å². The van der Waals surface area contributed by atoms with Crippen LogP contribution >= 0.6 is 0 Å². The van der Waals surface area contributed by atoms with Gasteiger partial charge in [-0.05, 0) is 43.5 Å². The molecule has 1 aliphatic heterocycles. The third-order valence-electron chi connectivity index (χ3n) is 4.65. The van der Waals surface area contributed by atoms with Crippen LogP contribution in [0.3, 0.4) is 0 Å². The van der Waals surface area contributed by atoms with Crippen molar-refractivity contribution in [3.63, 3.8) is 0 Å². The van der Waals surface area contributed by atoms with Crippen LogP contribution in [0.15, 0.2) is 27.8 Å². The number of rotatable bonds is 8. The summed E-state index contributed by atoms with van der Waals surface area (Å²) in [7, 11) is 0. The van der Waals surface area contributed by atoms with Crippen LogP contribution in [0.5, 0.6) is 11.5 Å². The molecular formula is C20H22N4O7. The van der Waals surface area contributed by atoms with Crippen molar-refractivity contribution in [1.82, 2.24) is 14.9 Å². The summed E-state index contributed by atoms with van der Waals surface area (Å²) in [5.41, 5.74) is -2.35. The highest BCUT2D eigenvalue weighted by atomic mass is 16.6. The van der Waals surface area contributed by atoms with E-state index < -0.39 is 21.9 Å². The molecular weight excluding hydrogens is 408 g/mol. The number of H-pyrrole nitrogens is 2. The van der Waals surface area contributed by atoms with E-state index in [1.807, 2.05) is 4.98 Å². The molecule has 1 aromatic heterocycles. The second-order valence-electron chi connectivity index (χ2n) is 6.78. The molecule has 2 aromatic rings. The molecule has 3 rings (SSSR count). The fourth-order valence-electron chi connectivity index (χ4n) is 3.19. The van der Waals surface area contributed by atoms with Crippen molar-refractivity contribution in [3.05, 3.63) is 60.4 Å². The summed E-state index contributed by atoms with van der Waals surface area (Å²) >= 11 is 0. The van der Waals surface area contributed by atoms with Crippen LogP contribution in [0.25, 0.3) is 12.2 Å². The molecule has 2 N–H and O–H groups in total. The lowest BCUT2D eigenvalue weighted by Gasteiger charge is -2.17. The Kier molecular flexibility index (Phi) is 6.85. The van der Waals surface area contributed by atoms with E-state index in [2.05, 4.69) is 4.98 Å². The van der Waals surface area contributed by atoms with E-state index in [4.69, 9.17) is 9.47 Å². The Morgan fingerprint density at radius 3 is 2.58 bits per heavy atom. The zero-order valence-corrected chi connectivity index (χ0v) is 16.9. The number of likely N-dealkylation sites (tertiary alicyclic amines) is 1. The third kappa shape index (κ3) is 5.38. The number of ether oxygens (including phenoxy) is 2. The maximum atomic E-state index is 12.2. The van der Waals surface area contributed by atoms with E-state index >= 15 is 0 Å². The summed E-state index contributed by atoms with van der Waals surface area (Å²) < 4.78 is 11.2. The Bertz CT molecular complexity index is 1110. The van der Waals surface area contributed by atoms with Crippen molar-refractivity contribution < 1.29 is 19.2 Å². The first-order chi connectivity index (χ1) is 14.9. The van der Waals surface area contributed by atoms with Crippen molar-refractivity contribution in [1.29, 1.82) is 0 Å². The molecule has 0 bridgehead atoms. The summed E-state index contributed by atoms with van der Waals surface area (Å²) in [4.78, 5) is 51.5. The molecule has 31 heavy (non-hydrogen) atoms. The maximum absolute atomic E-state index is 12.2. The normalized spacial score (nSPS) is 13.5. The molecule has 2 heterocycles. The van der Waals surface area contributed by atoms with Gasteiger partial charge in [-0.1, -0.05) is 12.1 Å². The first-order valence-corrected chi connectivity index (χ1v) is 9.75. The number of benzene rings is 1. The maximum Gasteiger partial charge on any atom is 0.357 e. The Balaban J connectivity index is 1.81. The summed E-state index contributed by atoms with van der Waals surface area (Å²) in [6, 6.07) is 4.91.